The van der Waals surface area contributed by atoms with Gasteiger partial charge in [0.05, 0.1) is 5.56 Å². The maximum Gasteiger partial charge on any atom is 0.335 e. The zero-order chi connectivity index (χ0) is 15.7. The molecule has 1 aromatic carbocycles. The number of hydrogen-bond donors (Lipinski definition) is 2. The summed E-state index contributed by atoms with van der Waals surface area (Å²) in [7, 11) is 0. The number of nitrogens with zero attached hydrogens (tertiary/aromatic N) is 2. The minimum absolute atomic E-state index is 0.0340. The molecule has 1 aliphatic heterocycles. The zero-order valence-corrected chi connectivity index (χ0v) is 11.9. The summed E-state index contributed by atoms with van der Waals surface area (Å²) in [5, 5.41) is 20.7. The lowest BCUT2D eigenvalue weighted by atomic mass is 9.91. The van der Waals surface area contributed by atoms with Crippen molar-refractivity contribution in [3.63, 3.8) is 0 Å². The first-order chi connectivity index (χ1) is 10.5. The molecule has 6 nitrogen and oxygen atoms in total. The van der Waals surface area contributed by atoms with Crippen LogP contribution in [0.4, 0.5) is 0 Å². The van der Waals surface area contributed by atoms with E-state index in [1.807, 2.05) is 24.3 Å². The molecule has 0 saturated carbocycles. The van der Waals surface area contributed by atoms with Gasteiger partial charge in [-0.05, 0) is 5.39 Å². The number of piperidine rings is 1. The second-order valence-electron chi connectivity index (χ2n) is 5.54. The van der Waals surface area contributed by atoms with Crippen molar-refractivity contribution in [2.75, 3.05) is 13.1 Å². The monoisotopic (exact) mass is 300 g/mol. The Labute approximate surface area is 127 Å². The Morgan fingerprint density at radius 3 is 2.50 bits per heavy atom. The Morgan fingerprint density at radius 2 is 1.82 bits per heavy atom. The Kier molecular flexibility index (Phi) is 3.54. The van der Waals surface area contributed by atoms with Gasteiger partial charge in [0, 0.05) is 43.7 Å². The molecule has 2 heterocycles. The second kappa shape index (κ2) is 5.38. The van der Waals surface area contributed by atoms with Crippen LogP contribution in [0.3, 0.4) is 0 Å². The topological polar surface area (TPSA) is 90.7 Å². The first-order valence-corrected chi connectivity index (χ1v) is 7.09. The number of carbonyl (C=O) groups excluding carboxylic acids is 1. The van der Waals surface area contributed by atoms with Gasteiger partial charge in [-0.15, -0.1) is 0 Å². The fraction of sp³-hybridized carbons (Fsp3) is 0.312. The summed E-state index contributed by atoms with van der Waals surface area (Å²) in [4.78, 5) is 29.4. The highest BCUT2D eigenvalue weighted by Gasteiger charge is 2.40. The van der Waals surface area contributed by atoms with Crippen LogP contribution in [0.1, 0.15) is 23.2 Å². The predicted octanol–water partition coefficient (Wildman–Crippen LogP) is 1.29. The number of aliphatic hydroxyl groups is 1. The summed E-state index contributed by atoms with van der Waals surface area (Å²) in [6.07, 6.45) is 3.30. The molecule has 1 aliphatic rings. The number of likely N-dealkylation sites (tertiary alicyclic amines) is 1. The van der Waals surface area contributed by atoms with Crippen molar-refractivity contribution in [1.29, 1.82) is 0 Å². The largest absolute Gasteiger partial charge is 0.479 e. The number of aliphatic carboxylic acids is 1. The van der Waals surface area contributed by atoms with Crippen molar-refractivity contribution < 1.29 is 19.8 Å². The number of pyridine rings is 1. The van der Waals surface area contributed by atoms with E-state index in [4.69, 9.17) is 5.11 Å². The molecule has 2 aromatic rings. The highest BCUT2D eigenvalue weighted by molar-refractivity contribution is 6.06. The molecule has 1 fully saturated rings. The molecular formula is C16H16N2O4. The fourth-order valence-corrected chi connectivity index (χ4v) is 2.75. The van der Waals surface area contributed by atoms with E-state index in [1.165, 1.54) is 6.20 Å². The van der Waals surface area contributed by atoms with Crippen LogP contribution in [-0.4, -0.2) is 50.7 Å². The Balaban J connectivity index is 1.84. The van der Waals surface area contributed by atoms with E-state index in [0.29, 0.717) is 5.56 Å². The third kappa shape index (κ3) is 2.42. The number of fused-ring (bicyclic) bond motifs is 1. The highest BCUT2D eigenvalue weighted by Crippen LogP contribution is 2.25. The quantitative estimate of drug-likeness (QED) is 0.872. The Hall–Kier alpha value is -2.47. The molecule has 1 saturated heterocycles. The lowest BCUT2D eigenvalue weighted by Crippen LogP contribution is -2.50. The van der Waals surface area contributed by atoms with Crippen molar-refractivity contribution in [3.05, 3.63) is 42.2 Å². The molecule has 1 aromatic heterocycles. The van der Waals surface area contributed by atoms with E-state index < -0.39 is 11.6 Å². The van der Waals surface area contributed by atoms with Gasteiger partial charge in [-0.3, -0.25) is 9.78 Å². The van der Waals surface area contributed by atoms with E-state index in [9.17, 15) is 14.7 Å². The molecule has 0 unspecified atom stereocenters. The molecular weight excluding hydrogens is 284 g/mol. The number of carboxylic acids is 1. The average Bonchev–Trinajstić information content (AvgIpc) is 2.54. The van der Waals surface area contributed by atoms with Gasteiger partial charge in [-0.25, -0.2) is 4.79 Å². The predicted molar refractivity (Wildman–Crippen MR) is 79.5 cm³/mol. The Bertz CT molecular complexity index is 731. The summed E-state index contributed by atoms with van der Waals surface area (Å²) in [5.74, 6) is -1.41. The third-order valence-corrected chi connectivity index (χ3v) is 4.17. The third-order valence-electron chi connectivity index (χ3n) is 4.17. The number of carbonyl (C=O) groups is 2. The van der Waals surface area contributed by atoms with E-state index >= 15 is 0 Å². The van der Waals surface area contributed by atoms with Gasteiger partial charge in [-0.1, -0.05) is 24.3 Å². The van der Waals surface area contributed by atoms with Gasteiger partial charge in [0.1, 0.15) is 0 Å². The summed E-state index contributed by atoms with van der Waals surface area (Å²) < 4.78 is 0. The van der Waals surface area contributed by atoms with Gasteiger partial charge in [0.15, 0.2) is 5.60 Å². The molecule has 22 heavy (non-hydrogen) atoms. The molecule has 1 amide bonds. The van der Waals surface area contributed by atoms with Crippen LogP contribution in [0.15, 0.2) is 36.7 Å². The fourth-order valence-electron chi connectivity index (χ4n) is 2.75. The molecule has 0 bridgehead atoms. The number of rotatable bonds is 2. The molecule has 0 radical (unpaired) electrons. The van der Waals surface area contributed by atoms with E-state index in [0.717, 1.165) is 10.8 Å². The molecule has 0 spiro atoms. The zero-order valence-electron chi connectivity index (χ0n) is 11.9. The SMILES string of the molecule is O=C(c1cncc2ccccc12)N1CCC(O)(C(=O)O)CC1. The molecule has 0 aliphatic carbocycles. The van der Waals surface area contributed by atoms with E-state index in [-0.39, 0.29) is 31.8 Å². The first-order valence-electron chi connectivity index (χ1n) is 7.09. The summed E-state index contributed by atoms with van der Waals surface area (Å²) in [5.41, 5.74) is -1.23. The van der Waals surface area contributed by atoms with Crippen molar-refractivity contribution in [3.8, 4) is 0 Å². The average molecular weight is 300 g/mol. The van der Waals surface area contributed by atoms with Crippen molar-refractivity contribution in [1.82, 2.24) is 9.88 Å². The molecule has 114 valence electrons. The van der Waals surface area contributed by atoms with E-state index in [2.05, 4.69) is 4.98 Å². The van der Waals surface area contributed by atoms with Crippen LogP contribution < -0.4 is 0 Å². The standard InChI is InChI=1S/C16H16N2O4/c19-14(18-7-5-16(22,6-8-18)15(20)21)13-10-17-9-11-3-1-2-4-12(11)13/h1-4,9-10,22H,5-8H2,(H,20,21). The van der Waals surface area contributed by atoms with Crippen molar-refractivity contribution >= 4 is 22.6 Å². The van der Waals surface area contributed by atoms with Gasteiger partial charge >= 0.3 is 5.97 Å². The van der Waals surface area contributed by atoms with Gasteiger partial charge in [0.2, 0.25) is 0 Å². The van der Waals surface area contributed by atoms with Crippen LogP contribution in [0.2, 0.25) is 0 Å². The maximum absolute atomic E-state index is 12.7. The number of carboxylic acid groups (broad SMARTS) is 1. The lowest BCUT2D eigenvalue weighted by molar-refractivity contribution is -0.162. The summed E-state index contributed by atoms with van der Waals surface area (Å²) in [6.45, 7) is 0.426. The van der Waals surface area contributed by atoms with Gasteiger partial charge < -0.3 is 15.1 Å². The number of hydrogen-bond acceptors (Lipinski definition) is 4. The van der Waals surface area contributed by atoms with Crippen LogP contribution in [0.25, 0.3) is 10.8 Å². The van der Waals surface area contributed by atoms with Crippen LogP contribution in [-0.2, 0) is 4.79 Å². The number of benzene rings is 1. The van der Waals surface area contributed by atoms with E-state index in [1.54, 1.807) is 11.1 Å². The first kappa shape index (κ1) is 14.5. The van der Waals surface area contributed by atoms with Gasteiger partial charge in [0.25, 0.3) is 5.91 Å². The maximum atomic E-state index is 12.7. The lowest BCUT2D eigenvalue weighted by Gasteiger charge is -2.35. The number of amides is 1. The van der Waals surface area contributed by atoms with Crippen LogP contribution in [0, 0.1) is 0 Å². The van der Waals surface area contributed by atoms with Crippen molar-refractivity contribution in [2.45, 2.75) is 18.4 Å². The van der Waals surface area contributed by atoms with Crippen LogP contribution >= 0.6 is 0 Å². The van der Waals surface area contributed by atoms with Crippen molar-refractivity contribution in [2.24, 2.45) is 0 Å². The summed E-state index contributed by atoms with van der Waals surface area (Å²) >= 11 is 0. The second-order valence-corrected chi connectivity index (χ2v) is 5.54. The minimum Gasteiger partial charge on any atom is -0.479 e. The number of aromatic nitrogens is 1. The van der Waals surface area contributed by atoms with Crippen LogP contribution in [0.5, 0.6) is 0 Å². The minimum atomic E-state index is -1.73. The smallest absolute Gasteiger partial charge is 0.335 e. The summed E-state index contributed by atoms with van der Waals surface area (Å²) in [6, 6.07) is 7.49. The van der Waals surface area contributed by atoms with Gasteiger partial charge in [-0.2, -0.15) is 0 Å². The Morgan fingerprint density at radius 1 is 1.14 bits per heavy atom. The molecule has 3 rings (SSSR count). The molecule has 6 heteroatoms. The highest BCUT2D eigenvalue weighted by atomic mass is 16.4. The molecule has 0 atom stereocenters. The normalized spacial score (nSPS) is 17.4. The molecule has 2 N–H and O–H groups in total.